The summed E-state index contributed by atoms with van der Waals surface area (Å²) in [4.78, 5) is 0. The Morgan fingerprint density at radius 3 is 2.48 bits per heavy atom. The molecule has 0 amide bonds. The minimum atomic E-state index is -0.235. The summed E-state index contributed by atoms with van der Waals surface area (Å²) in [5, 5.41) is 10.3. The van der Waals surface area contributed by atoms with Crippen LogP contribution in [0.25, 0.3) is 11.4 Å². The highest BCUT2D eigenvalue weighted by atomic mass is 35.5. The molecule has 3 rings (SSSR count). The van der Waals surface area contributed by atoms with E-state index in [1.54, 1.807) is 23.9 Å². The van der Waals surface area contributed by atoms with Gasteiger partial charge >= 0.3 is 0 Å². The molecule has 3 nitrogen and oxygen atoms in total. The molecule has 128 valence electrons. The molecule has 1 atom stereocenters. The summed E-state index contributed by atoms with van der Waals surface area (Å²) < 4.78 is 15.1. The summed E-state index contributed by atoms with van der Waals surface area (Å²) in [6.45, 7) is 6.49. The Labute approximate surface area is 155 Å². The van der Waals surface area contributed by atoms with Crippen LogP contribution in [0.4, 0.5) is 4.39 Å². The normalized spacial score (nSPS) is 12.1. The third-order valence-corrected chi connectivity index (χ3v) is 5.14. The first-order valence-corrected chi connectivity index (χ1v) is 9.06. The number of nitrogens with zero attached hydrogens (tertiary/aromatic N) is 3. The Morgan fingerprint density at radius 1 is 1.16 bits per heavy atom. The Balaban J connectivity index is 1.89. The highest BCUT2D eigenvalue weighted by Crippen LogP contribution is 2.35. The first kappa shape index (κ1) is 17.7. The predicted molar refractivity (Wildman–Crippen MR) is 101 cm³/mol. The van der Waals surface area contributed by atoms with Crippen molar-refractivity contribution in [2.24, 2.45) is 0 Å². The first-order valence-electron chi connectivity index (χ1n) is 7.80. The zero-order valence-electron chi connectivity index (χ0n) is 13.7. The predicted octanol–water partition coefficient (Wildman–Crippen LogP) is 5.78. The van der Waals surface area contributed by atoms with Crippen molar-refractivity contribution in [1.82, 2.24) is 14.8 Å². The Morgan fingerprint density at radius 2 is 1.84 bits per heavy atom. The van der Waals surface area contributed by atoms with Crippen molar-refractivity contribution in [3.8, 4) is 11.4 Å². The van der Waals surface area contributed by atoms with Crippen molar-refractivity contribution in [3.05, 3.63) is 77.6 Å². The van der Waals surface area contributed by atoms with E-state index < -0.39 is 0 Å². The van der Waals surface area contributed by atoms with Crippen molar-refractivity contribution >= 4 is 23.4 Å². The second-order valence-electron chi connectivity index (χ2n) is 5.52. The number of aromatic nitrogens is 3. The first-order chi connectivity index (χ1) is 12.1. The maximum absolute atomic E-state index is 13.1. The topological polar surface area (TPSA) is 30.7 Å². The lowest BCUT2D eigenvalue weighted by atomic mass is 10.2. The molecule has 2 aromatic carbocycles. The molecular weight excluding hydrogens is 357 g/mol. The van der Waals surface area contributed by atoms with Gasteiger partial charge in [0.25, 0.3) is 0 Å². The van der Waals surface area contributed by atoms with Crippen LogP contribution < -0.4 is 0 Å². The van der Waals surface area contributed by atoms with Gasteiger partial charge < -0.3 is 0 Å². The summed E-state index contributed by atoms with van der Waals surface area (Å²) >= 11 is 7.54. The van der Waals surface area contributed by atoms with Crippen molar-refractivity contribution < 1.29 is 4.39 Å². The molecule has 0 fully saturated rings. The van der Waals surface area contributed by atoms with Gasteiger partial charge in [-0.3, -0.25) is 4.57 Å². The van der Waals surface area contributed by atoms with Crippen LogP contribution in [0.15, 0.2) is 66.3 Å². The van der Waals surface area contributed by atoms with Crippen molar-refractivity contribution in [2.45, 2.75) is 23.9 Å². The van der Waals surface area contributed by atoms with Gasteiger partial charge in [0.05, 0.1) is 0 Å². The highest BCUT2D eigenvalue weighted by Gasteiger charge is 2.17. The molecule has 25 heavy (non-hydrogen) atoms. The van der Waals surface area contributed by atoms with E-state index in [4.69, 9.17) is 11.6 Å². The Kier molecular flexibility index (Phi) is 5.56. The van der Waals surface area contributed by atoms with Crippen LogP contribution in [0, 0.1) is 5.82 Å². The van der Waals surface area contributed by atoms with Gasteiger partial charge in [0.2, 0.25) is 0 Å². The number of rotatable bonds is 6. The largest absolute Gasteiger partial charge is 0.298 e. The van der Waals surface area contributed by atoms with E-state index in [2.05, 4.69) is 23.7 Å². The molecule has 0 saturated carbocycles. The summed E-state index contributed by atoms with van der Waals surface area (Å²) in [5.74, 6) is 0.533. The van der Waals surface area contributed by atoms with Gasteiger partial charge in [-0.15, -0.1) is 16.8 Å². The molecule has 0 aliphatic rings. The van der Waals surface area contributed by atoms with Gasteiger partial charge in [-0.25, -0.2) is 4.39 Å². The summed E-state index contributed by atoms with van der Waals surface area (Å²) in [5.41, 5.74) is 1.98. The number of hydrogen-bond acceptors (Lipinski definition) is 3. The van der Waals surface area contributed by atoms with Gasteiger partial charge in [0.1, 0.15) is 5.82 Å². The molecule has 1 heterocycles. The van der Waals surface area contributed by atoms with Gasteiger partial charge in [0.15, 0.2) is 11.0 Å². The zero-order chi connectivity index (χ0) is 17.8. The SMILES string of the molecule is C=CCn1c(S[C@H](C)c2ccc(F)cc2)nnc1-c1ccc(Cl)cc1. The second-order valence-corrected chi connectivity index (χ2v) is 7.27. The molecule has 0 N–H and O–H groups in total. The fourth-order valence-corrected chi connectivity index (χ4v) is 3.55. The lowest BCUT2D eigenvalue weighted by Gasteiger charge is -2.13. The van der Waals surface area contributed by atoms with Gasteiger partial charge in [-0.1, -0.05) is 41.6 Å². The monoisotopic (exact) mass is 373 g/mol. The molecule has 0 spiro atoms. The van der Waals surface area contributed by atoms with E-state index >= 15 is 0 Å². The van der Waals surface area contributed by atoms with E-state index in [0.717, 1.165) is 22.1 Å². The second kappa shape index (κ2) is 7.85. The average Bonchev–Trinajstić information content (AvgIpc) is 2.99. The van der Waals surface area contributed by atoms with Gasteiger partial charge in [0, 0.05) is 22.4 Å². The van der Waals surface area contributed by atoms with Crippen molar-refractivity contribution in [3.63, 3.8) is 0 Å². The van der Waals surface area contributed by atoms with Gasteiger partial charge in [-0.2, -0.15) is 0 Å². The van der Waals surface area contributed by atoms with E-state index in [-0.39, 0.29) is 11.1 Å². The third-order valence-electron chi connectivity index (χ3n) is 3.75. The fraction of sp³-hybridized carbons (Fsp3) is 0.158. The number of hydrogen-bond donors (Lipinski definition) is 0. The molecule has 0 saturated heterocycles. The molecule has 1 aromatic heterocycles. The molecule has 0 radical (unpaired) electrons. The lowest BCUT2D eigenvalue weighted by molar-refractivity contribution is 0.627. The zero-order valence-corrected chi connectivity index (χ0v) is 15.3. The van der Waals surface area contributed by atoms with Crippen LogP contribution in [0.1, 0.15) is 17.7 Å². The molecule has 0 aliphatic heterocycles. The maximum atomic E-state index is 13.1. The Bertz CT molecular complexity index is 859. The van der Waals surface area contributed by atoms with E-state index in [9.17, 15) is 4.39 Å². The molecule has 0 aliphatic carbocycles. The quantitative estimate of drug-likeness (QED) is 0.405. The highest BCUT2D eigenvalue weighted by molar-refractivity contribution is 7.99. The molecule has 6 heteroatoms. The van der Waals surface area contributed by atoms with Crippen molar-refractivity contribution in [2.75, 3.05) is 0 Å². The third kappa shape index (κ3) is 4.11. The van der Waals surface area contributed by atoms with E-state index in [1.807, 2.05) is 34.9 Å². The minimum Gasteiger partial charge on any atom is -0.298 e. The number of thioether (sulfide) groups is 1. The van der Waals surface area contributed by atoms with Gasteiger partial charge in [-0.05, 0) is 48.9 Å². The van der Waals surface area contributed by atoms with Crippen LogP contribution in [-0.2, 0) is 6.54 Å². The molecule has 0 unspecified atom stereocenters. The Hall–Kier alpha value is -2.11. The summed E-state index contributed by atoms with van der Waals surface area (Å²) in [7, 11) is 0. The number of benzene rings is 2. The van der Waals surface area contributed by atoms with Crippen LogP contribution in [0.5, 0.6) is 0 Å². The van der Waals surface area contributed by atoms with Crippen LogP contribution in [-0.4, -0.2) is 14.8 Å². The standard InChI is InChI=1S/C19H17ClFN3S/c1-3-12-24-18(15-4-8-16(20)9-5-15)22-23-19(24)25-13(2)14-6-10-17(21)11-7-14/h3-11,13H,1,12H2,2H3/t13-/m1/s1. The smallest absolute Gasteiger partial charge is 0.192 e. The maximum Gasteiger partial charge on any atom is 0.192 e. The molecule has 0 bridgehead atoms. The minimum absolute atomic E-state index is 0.117. The van der Waals surface area contributed by atoms with E-state index in [1.165, 1.54) is 12.1 Å². The molecular formula is C19H17ClFN3S. The van der Waals surface area contributed by atoms with Crippen LogP contribution in [0.3, 0.4) is 0 Å². The molecule has 3 aromatic rings. The number of allylic oxidation sites excluding steroid dienone is 1. The summed E-state index contributed by atoms with van der Waals surface area (Å²) in [6.07, 6.45) is 1.81. The lowest BCUT2D eigenvalue weighted by Crippen LogP contribution is -2.01. The van der Waals surface area contributed by atoms with Crippen LogP contribution in [0.2, 0.25) is 5.02 Å². The summed E-state index contributed by atoms with van der Waals surface area (Å²) in [6, 6.07) is 14.0. The van der Waals surface area contributed by atoms with Crippen molar-refractivity contribution in [1.29, 1.82) is 0 Å². The fourth-order valence-electron chi connectivity index (χ4n) is 2.44. The van der Waals surface area contributed by atoms with E-state index in [0.29, 0.717) is 11.6 Å². The van der Waals surface area contributed by atoms with Crippen LogP contribution >= 0.6 is 23.4 Å². The number of halogens is 2. The average molecular weight is 374 g/mol.